The van der Waals surface area contributed by atoms with Gasteiger partial charge in [-0.1, -0.05) is 12.2 Å². The van der Waals surface area contributed by atoms with Gasteiger partial charge in [-0.3, -0.25) is 0 Å². The topological polar surface area (TPSA) is 30.5 Å². The molecule has 3 heteroatoms. The summed E-state index contributed by atoms with van der Waals surface area (Å²) in [4.78, 5) is 0. The van der Waals surface area contributed by atoms with Crippen LogP contribution in [-0.2, 0) is 6.54 Å². The second-order valence-corrected chi connectivity index (χ2v) is 3.78. The fraction of sp³-hybridized carbons (Fsp3) is 0.385. The summed E-state index contributed by atoms with van der Waals surface area (Å²) in [6.45, 7) is 7.44. The highest BCUT2D eigenvalue weighted by Gasteiger charge is 2.01. The normalized spacial score (nSPS) is 9.94. The first-order chi connectivity index (χ1) is 7.65. The molecule has 0 aliphatic heterocycles. The first-order valence-electron chi connectivity index (χ1n) is 5.22. The zero-order valence-electron chi connectivity index (χ0n) is 10.2. The smallest absolute Gasteiger partial charge is 0.122 e. The van der Waals surface area contributed by atoms with Crippen molar-refractivity contribution in [3.05, 3.63) is 35.9 Å². The number of methoxy groups -OCH3 is 2. The van der Waals surface area contributed by atoms with Gasteiger partial charge in [0.15, 0.2) is 0 Å². The lowest BCUT2D eigenvalue weighted by atomic mass is 10.2. The lowest BCUT2D eigenvalue weighted by Crippen LogP contribution is -2.15. The lowest BCUT2D eigenvalue weighted by Gasteiger charge is -2.09. The minimum atomic E-state index is 0.778. The number of ether oxygens (including phenoxy) is 2. The molecule has 1 aromatic carbocycles. The third-order valence-electron chi connectivity index (χ3n) is 2.17. The Bertz CT molecular complexity index is 339. The maximum absolute atomic E-state index is 5.20. The summed E-state index contributed by atoms with van der Waals surface area (Å²) in [5, 5.41) is 3.29. The highest BCUT2D eigenvalue weighted by Crippen LogP contribution is 2.22. The van der Waals surface area contributed by atoms with Gasteiger partial charge in [-0.15, -0.1) is 0 Å². The Morgan fingerprint density at radius 1 is 1.19 bits per heavy atom. The molecule has 0 aliphatic rings. The van der Waals surface area contributed by atoms with Crippen LogP contribution in [0.2, 0.25) is 0 Å². The van der Waals surface area contributed by atoms with Crippen molar-refractivity contribution < 1.29 is 9.47 Å². The number of rotatable bonds is 6. The molecule has 1 N–H and O–H groups in total. The Kier molecular flexibility index (Phi) is 4.86. The van der Waals surface area contributed by atoms with Gasteiger partial charge in [0.05, 0.1) is 14.2 Å². The van der Waals surface area contributed by atoms with Crippen molar-refractivity contribution in [2.45, 2.75) is 13.5 Å². The molecule has 0 bridgehead atoms. The number of hydrogen-bond donors (Lipinski definition) is 1. The number of hydrogen-bond acceptors (Lipinski definition) is 3. The molecule has 0 radical (unpaired) electrons. The van der Waals surface area contributed by atoms with Crippen molar-refractivity contribution in [2.75, 3.05) is 20.8 Å². The number of nitrogens with one attached hydrogen (secondary N) is 1. The molecule has 16 heavy (non-hydrogen) atoms. The van der Waals surface area contributed by atoms with Crippen LogP contribution in [0.1, 0.15) is 12.5 Å². The van der Waals surface area contributed by atoms with Crippen LogP contribution in [0.3, 0.4) is 0 Å². The summed E-state index contributed by atoms with van der Waals surface area (Å²) in [6, 6.07) is 5.85. The van der Waals surface area contributed by atoms with E-state index in [0.29, 0.717) is 0 Å². The van der Waals surface area contributed by atoms with E-state index in [4.69, 9.17) is 9.47 Å². The van der Waals surface area contributed by atoms with Gasteiger partial charge in [-0.05, 0) is 24.6 Å². The molecule has 0 saturated heterocycles. The standard InChI is InChI=1S/C13H19NO2/c1-10(2)8-14-9-11-5-12(15-3)7-13(6-11)16-4/h5-7,14H,1,8-9H2,2-4H3. The molecule has 0 amide bonds. The van der Waals surface area contributed by atoms with E-state index >= 15 is 0 Å². The van der Waals surface area contributed by atoms with E-state index in [2.05, 4.69) is 11.9 Å². The predicted octanol–water partition coefficient (Wildman–Crippen LogP) is 2.37. The maximum atomic E-state index is 5.20. The molecular formula is C13H19NO2. The van der Waals surface area contributed by atoms with Crippen molar-refractivity contribution in [1.29, 1.82) is 0 Å². The average molecular weight is 221 g/mol. The van der Waals surface area contributed by atoms with Crippen LogP contribution in [0.5, 0.6) is 11.5 Å². The monoisotopic (exact) mass is 221 g/mol. The Labute approximate surface area is 97.1 Å². The Hall–Kier alpha value is -1.48. The van der Waals surface area contributed by atoms with Crippen LogP contribution in [0.15, 0.2) is 30.4 Å². The molecule has 0 heterocycles. The first kappa shape index (κ1) is 12.6. The van der Waals surface area contributed by atoms with E-state index in [1.165, 1.54) is 0 Å². The molecule has 0 atom stereocenters. The van der Waals surface area contributed by atoms with Crippen molar-refractivity contribution in [3.63, 3.8) is 0 Å². The Balaban J connectivity index is 2.67. The molecule has 0 spiro atoms. The molecule has 0 unspecified atom stereocenters. The van der Waals surface area contributed by atoms with E-state index in [0.717, 1.165) is 35.7 Å². The van der Waals surface area contributed by atoms with E-state index in [1.54, 1.807) is 14.2 Å². The second kappa shape index (κ2) is 6.18. The van der Waals surface area contributed by atoms with Gasteiger partial charge in [0.2, 0.25) is 0 Å². The molecule has 88 valence electrons. The zero-order valence-corrected chi connectivity index (χ0v) is 10.2. The molecular weight excluding hydrogens is 202 g/mol. The first-order valence-corrected chi connectivity index (χ1v) is 5.22. The van der Waals surface area contributed by atoms with Gasteiger partial charge in [-0.25, -0.2) is 0 Å². The summed E-state index contributed by atoms with van der Waals surface area (Å²) >= 11 is 0. The second-order valence-electron chi connectivity index (χ2n) is 3.78. The minimum Gasteiger partial charge on any atom is -0.497 e. The number of benzene rings is 1. The van der Waals surface area contributed by atoms with E-state index in [9.17, 15) is 0 Å². The summed E-state index contributed by atoms with van der Waals surface area (Å²) in [5.41, 5.74) is 2.26. The highest BCUT2D eigenvalue weighted by molar-refractivity contribution is 5.38. The highest BCUT2D eigenvalue weighted by atomic mass is 16.5. The van der Waals surface area contributed by atoms with Gasteiger partial charge < -0.3 is 14.8 Å². The zero-order chi connectivity index (χ0) is 12.0. The van der Waals surface area contributed by atoms with Crippen molar-refractivity contribution >= 4 is 0 Å². The van der Waals surface area contributed by atoms with Crippen LogP contribution in [0.25, 0.3) is 0 Å². The Morgan fingerprint density at radius 2 is 1.75 bits per heavy atom. The van der Waals surface area contributed by atoms with Crippen LogP contribution in [-0.4, -0.2) is 20.8 Å². The minimum absolute atomic E-state index is 0.778. The summed E-state index contributed by atoms with van der Waals surface area (Å²) in [6.07, 6.45) is 0. The third kappa shape index (κ3) is 3.95. The van der Waals surface area contributed by atoms with Crippen molar-refractivity contribution in [1.82, 2.24) is 5.32 Å². The summed E-state index contributed by atoms with van der Waals surface area (Å²) in [7, 11) is 3.31. The maximum Gasteiger partial charge on any atom is 0.122 e. The quantitative estimate of drug-likeness (QED) is 0.748. The van der Waals surface area contributed by atoms with Crippen LogP contribution < -0.4 is 14.8 Å². The van der Waals surface area contributed by atoms with E-state index in [-0.39, 0.29) is 0 Å². The van der Waals surface area contributed by atoms with Crippen LogP contribution >= 0.6 is 0 Å². The summed E-state index contributed by atoms with van der Waals surface area (Å²) < 4.78 is 10.4. The molecule has 1 aromatic rings. The molecule has 0 saturated carbocycles. The fourth-order valence-corrected chi connectivity index (χ4v) is 1.39. The van der Waals surface area contributed by atoms with Crippen molar-refractivity contribution in [3.8, 4) is 11.5 Å². The van der Waals surface area contributed by atoms with Crippen LogP contribution in [0.4, 0.5) is 0 Å². The third-order valence-corrected chi connectivity index (χ3v) is 2.17. The lowest BCUT2D eigenvalue weighted by molar-refractivity contribution is 0.393. The van der Waals surface area contributed by atoms with Gasteiger partial charge in [0.25, 0.3) is 0 Å². The van der Waals surface area contributed by atoms with Gasteiger partial charge in [-0.2, -0.15) is 0 Å². The van der Waals surface area contributed by atoms with Gasteiger partial charge in [0, 0.05) is 19.2 Å². The van der Waals surface area contributed by atoms with Crippen molar-refractivity contribution in [2.24, 2.45) is 0 Å². The molecule has 1 rings (SSSR count). The average Bonchev–Trinajstić information content (AvgIpc) is 2.28. The fourth-order valence-electron chi connectivity index (χ4n) is 1.39. The largest absolute Gasteiger partial charge is 0.497 e. The van der Waals surface area contributed by atoms with E-state index < -0.39 is 0 Å². The van der Waals surface area contributed by atoms with Gasteiger partial charge in [0.1, 0.15) is 11.5 Å². The SMILES string of the molecule is C=C(C)CNCc1cc(OC)cc(OC)c1. The summed E-state index contributed by atoms with van der Waals surface area (Å²) in [5.74, 6) is 1.62. The Morgan fingerprint density at radius 3 is 2.19 bits per heavy atom. The van der Waals surface area contributed by atoms with Crippen LogP contribution in [0, 0.1) is 0 Å². The predicted molar refractivity (Wildman–Crippen MR) is 66.1 cm³/mol. The molecule has 0 aliphatic carbocycles. The molecule has 0 fully saturated rings. The van der Waals surface area contributed by atoms with E-state index in [1.807, 2.05) is 25.1 Å². The molecule has 3 nitrogen and oxygen atoms in total. The van der Waals surface area contributed by atoms with Gasteiger partial charge >= 0.3 is 0 Å². The molecule has 0 aromatic heterocycles.